The Hall–Kier alpha value is -2.04. The fourth-order valence-electron chi connectivity index (χ4n) is 3.22. The van der Waals surface area contributed by atoms with Crippen LogP contribution in [0.1, 0.15) is 36.1 Å². The molecule has 7 nitrogen and oxygen atoms in total. The highest BCUT2D eigenvalue weighted by molar-refractivity contribution is 5.61. The normalized spacial score (nSPS) is 10.7. The number of phenols is 2. The number of hydrogen-bond donors (Lipinski definition) is 3. The molecule has 0 aliphatic rings. The lowest BCUT2D eigenvalue weighted by atomic mass is 10.1. The van der Waals surface area contributed by atoms with Crippen LogP contribution in [0.4, 0.5) is 16.2 Å². The molecule has 3 N–H and O–H groups in total. The lowest BCUT2D eigenvalue weighted by Crippen LogP contribution is -3.00. The van der Waals surface area contributed by atoms with E-state index in [4.69, 9.17) is 9.90 Å². The van der Waals surface area contributed by atoms with Gasteiger partial charge in [-0.2, -0.15) is 0 Å². The van der Waals surface area contributed by atoms with Crippen LogP contribution < -0.4 is 43.4 Å². The van der Waals surface area contributed by atoms with E-state index in [0.29, 0.717) is 11.5 Å². The number of carbonyl (C=O) groups excluding carboxylic acids is 1. The van der Waals surface area contributed by atoms with Crippen LogP contribution in [0.5, 0.6) is 11.5 Å². The zero-order valence-corrected chi connectivity index (χ0v) is 24.9. The third kappa shape index (κ3) is 10.1. The summed E-state index contributed by atoms with van der Waals surface area (Å²) in [5, 5.41) is 30.1. The SMILES string of the molecule is CC[N+](C)(C)c1cc(C)c(O)cc1C.CC[N+](C)(C)c1cc(C)c(O)cc1C.CNC(=O)[O-].[I-]. The minimum atomic E-state index is -1.25. The van der Waals surface area contributed by atoms with E-state index in [1.54, 1.807) is 0 Å². The second-order valence-electron chi connectivity index (χ2n) is 9.39. The highest BCUT2D eigenvalue weighted by Crippen LogP contribution is 2.31. The van der Waals surface area contributed by atoms with Gasteiger partial charge < -0.3 is 49.4 Å². The molecule has 0 bridgehead atoms. The molecule has 0 atom stereocenters. The van der Waals surface area contributed by atoms with Gasteiger partial charge in [0.15, 0.2) is 0 Å². The van der Waals surface area contributed by atoms with Gasteiger partial charge in [0, 0.05) is 30.3 Å². The van der Waals surface area contributed by atoms with Gasteiger partial charge in [-0.1, -0.05) is 0 Å². The molecule has 0 aliphatic carbocycles. The van der Waals surface area contributed by atoms with E-state index < -0.39 is 6.09 Å². The summed E-state index contributed by atoms with van der Waals surface area (Å²) in [5.74, 6) is 0.782. The average molecular weight is 590 g/mol. The molecule has 2 aromatic carbocycles. The minimum absolute atomic E-state index is 0. The maximum atomic E-state index is 9.56. The molecule has 1 amide bonds. The molecule has 194 valence electrons. The van der Waals surface area contributed by atoms with Gasteiger partial charge in [0.25, 0.3) is 0 Å². The average Bonchev–Trinajstić information content (AvgIpc) is 2.73. The van der Waals surface area contributed by atoms with Crippen LogP contribution in [-0.2, 0) is 0 Å². The van der Waals surface area contributed by atoms with Crippen LogP contribution in [0, 0.1) is 27.7 Å². The molecule has 2 aromatic rings. The predicted octanol–water partition coefficient (Wildman–Crippen LogP) is 0.745. The zero-order chi connectivity index (χ0) is 26.1. The largest absolute Gasteiger partial charge is 1.00 e. The smallest absolute Gasteiger partial charge is 0.135 e. The molecule has 0 fully saturated rings. The molecule has 0 saturated carbocycles. The van der Waals surface area contributed by atoms with Crippen molar-refractivity contribution in [2.45, 2.75) is 41.5 Å². The van der Waals surface area contributed by atoms with Crippen LogP contribution in [0.25, 0.3) is 0 Å². The molecule has 0 heterocycles. The van der Waals surface area contributed by atoms with E-state index in [1.165, 1.54) is 18.4 Å². The van der Waals surface area contributed by atoms with Crippen molar-refractivity contribution in [1.29, 1.82) is 0 Å². The lowest BCUT2D eigenvalue weighted by molar-refractivity contribution is -0.250. The van der Waals surface area contributed by atoms with Gasteiger partial charge in [-0.3, -0.25) is 8.97 Å². The molecule has 34 heavy (non-hydrogen) atoms. The van der Waals surface area contributed by atoms with Gasteiger partial charge >= 0.3 is 0 Å². The Morgan fingerprint density at radius 1 is 0.765 bits per heavy atom. The molecule has 2 rings (SSSR count). The first-order chi connectivity index (χ1) is 15.0. The van der Waals surface area contributed by atoms with Crippen molar-refractivity contribution in [3.63, 3.8) is 0 Å². The third-order valence-electron chi connectivity index (χ3n) is 6.12. The third-order valence-corrected chi connectivity index (χ3v) is 6.12. The Kier molecular flexibility index (Phi) is 14.4. The fourth-order valence-corrected chi connectivity index (χ4v) is 3.22. The molecule has 0 aromatic heterocycles. The molecule has 0 radical (unpaired) electrons. The number of amides is 1. The summed E-state index contributed by atoms with van der Waals surface area (Å²) in [6.45, 7) is 14.4. The standard InChI is InChI=1S/2C12H19NO.C2H5NO2.HI/c2*1-6-13(4,5)11-7-10(3)12(14)8-9(11)2;1-3-2(4)5;/h2*7-8H,6H2,1-5H3;3H,1H3,(H,4,5);1H. The maximum Gasteiger partial charge on any atom is 0.135 e. The Labute approximate surface area is 223 Å². The molecule has 0 unspecified atom stereocenters. The quantitative estimate of drug-likeness (QED) is 0.363. The van der Waals surface area contributed by atoms with E-state index in [1.807, 2.05) is 45.1 Å². The number of aryl methyl sites for hydroxylation is 4. The van der Waals surface area contributed by atoms with Crippen molar-refractivity contribution in [3.05, 3.63) is 46.5 Å². The minimum Gasteiger partial charge on any atom is -1.00 e. The summed E-state index contributed by atoms with van der Waals surface area (Å²) in [4.78, 5) is 9.15. The van der Waals surface area contributed by atoms with Crippen molar-refractivity contribution < 1.29 is 44.1 Å². The lowest BCUT2D eigenvalue weighted by Gasteiger charge is -2.29. The summed E-state index contributed by atoms with van der Waals surface area (Å²) in [5.41, 5.74) is 6.76. The second-order valence-corrected chi connectivity index (χ2v) is 9.39. The van der Waals surface area contributed by atoms with Gasteiger partial charge in [0.2, 0.25) is 0 Å². The molecular weight excluding hydrogens is 545 g/mol. The zero-order valence-electron chi connectivity index (χ0n) is 22.7. The topological polar surface area (TPSA) is 92.6 Å². The van der Waals surface area contributed by atoms with Gasteiger partial charge in [0.1, 0.15) is 29.0 Å². The molecule has 0 spiro atoms. The van der Waals surface area contributed by atoms with Crippen LogP contribution in [0.2, 0.25) is 0 Å². The maximum absolute atomic E-state index is 9.56. The summed E-state index contributed by atoms with van der Waals surface area (Å²) in [7, 11) is 10.0. The molecule has 0 aliphatic heterocycles. The van der Waals surface area contributed by atoms with E-state index in [-0.39, 0.29) is 24.0 Å². The first-order valence-corrected chi connectivity index (χ1v) is 11.2. The summed E-state index contributed by atoms with van der Waals surface area (Å²) in [6.07, 6.45) is -1.25. The highest BCUT2D eigenvalue weighted by Gasteiger charge is 2.21. The second kappa shape index (κ2) is 14.4. The van der Waals surface area contributed by atoms with E-state index in [0.717, 1.165) is 44.3 Å². The first-order valence-electron chi connectivity index (χ1n) is 11.2. The van der Waals surface area contributed by atoms with Gasteiger partial charge in [-0.25, -0.2) is 0 Å². The summed E-state index contributed by atoms with van der Waals surface area (Å²) >= 11 is 0. The van der Waals surface area contributed by atoms with E-state index in [9.17, 15) is 10.2 Å². The molecule has 8 heteroatoms. The van der Waals surface area contributed by atoms with Gasteiger partial charge in [-0.05, 0) is 64.8 Å². The molecular formula is C26H44IN3O4. The number of phenolic OH excluding ortho intramolecular Hbond substituents is 2. The Morgan fingerprint density at radius 3 is 1.24 bits per heavy atom. The van der Waals surface area contributed by atoms with Crippen molar-refractivity contribution in [3.8, 4) is 11.5 Å². The number of carboxylic acid groups (broad SMARTS) is 1. The summed E-state index contributed by atoms with van der Waals surface area (Å²) < 4.78 is 1.71. The van der Waals surface area contributed by atoms with Gasteiger partial charge in [-0.15, -0.1) is 0 Å². The summed E-state index contributed by atoms with van der Waals surface area (Å²) in [6, 6.07) is 7.85. The number of hydrogen-bond acceptors (Lipinski definition) is 4. The van der Waals surface area contributed by atoms with Crippen molar-refractivity contribution >= 4 is 17.5 Å². The van der Waals surface area contributed by atoms with Crippen LogP contribution in [0.15, 0.2) is 24.3 Å². The van der Waals surface area contributed by atoms with Crippen molar-refractivity contribution in [2.24, 2.45) is 0 Å². The Bertz CT molecular complexity index is 875. The van der Waals surface area contributed by atoms with Gasteiger partial charge in [0.05, 0.1) is 41.3 Å². The fraction of sp³-hybridized carbons (Fsp3) is 0.500. The number of benzene rings is 2. The van der Waals surface area contributed by atoms with Crippen LogP contribution in [0.3, 0.4) is 0 Å². The number of rotatable bonds is 4. The Balaban J connectivity index is 0. The first kappa shape index (κ1) is 34.1. The molecule has 0 saturated heterocycles. The number of quaternary nitrogens is 2. The van der Waals surface area contributed by atoms with E-state index in [2.05, 4.69) is 54.2 Å². The number of nitrogens with zero attached hydrogens (tertiary/aromatic N) is 2. The number of halogens is 1. The van der Waals surface area contributed by atoms with Crippen molar-refractivity contribution in [2.75, 3.05) is 48.3 Å². The Morgan fingerprint density at radius 2 is 1.03 bits per heavy atom. The van der Waals surface area contributed by atoms with E-state index >= 15 is 0 Å². The van der Waals surface area contributed by atoms with Crippen LogP contribution >= 0.6 is 0 Å². The van der Waals surface area contributed by atoms with Crippen molar-refractivity contribution in [1.82, 2.24) is 14.3 Å². The number of aromatic hydroxyl groups is 2. The van der Waals surface area contributed by atoms with Crippen LogP contribution in [-0.4, -0.2) is 64.6 Å². The number of carbonyl (C=O) groups is 1. The predicted molar refractivity (Wildman–Crippen MR) is 138 cm³/mol. The number of nitrogens with one attached hydrogen (secondary N) is 1. The highest BCUT2D eigenvalue weighted by atomic mass is 127. The monoisotopic (exact) mass is 589 g/mol.